The van der Waals surface area contributed by atoms with Crippen LogP contribution in [0.25, 0.3) is 11.4 Å². The van der Waals surface area contributed by atoms with Crippen molar-refractivity contribution in [3.8, 4) is 11.4 Å². The Morgan fingerprint density at radius 1 is 1.00 bits per heavy atom. The minimum absolute atomic E-state index is 0.0190. The summed E-state index contributed by atoms with van der Waals surface area (Å²) >= 11 is 0. The number of carbonyl (C=O) groups excluding carboxylic acids is 1. The van der Waals surface area contributed by atoms with Gasteiger partial charge in [0.25, 0.3) is 5.91 Å². The highest BCUT2D eigenvalue weighted by molar-refractivity contribution is 6.03. The lowest BCUT2D eigenvalue weighted by Crippen LogP contribution is -2.20. The number of carbonyl (C=O) groups is 1. The van der Waals surface area contributed by atoms with Crippen molar-refractivity contribution in [3.63, 3.8) is 0 Å². The average Bonchev–Trinajstić information content (AvgIpc) is 3.08. The van der Waals surface area contributed by atoms with Crippen molar-refractivity contribution in [2.75, 3.05) is 5.32 Å². The van der Waals surface area contributed by atoms with Gasteiger partial charge in [-0.2, -0.15) is 13.2 Å². The largest absolute Gasteiger partial charge is 0.418 e. The van der Waals surface area contributed by atoms with Crippen molar-refractivity contribution in [2.45, 2.75) is 18.8 Å². The van der Waals surface area contributed by atoms with E-state index in [1.54, 1.807) is 0 Å². The fourth-order valence-corrected chi connectivity index (χ4v) is 3.11. The number of nitrogens with zero attached hydrogens (tertiary/aromatic N) is 2. The van der Waals surface area contributed by atoms with E-state index in [0.717, 1.165) is 24.3 Å². The van der Waals surface area contributed by atoms with Crippen molar-refractivity contribution in [2.24, 2.45) is 0 Å². The number of aromatic nitrogens is 2. The summed E-state index contributed by atoms with van der Waals surface area (Å²) in [5.41, 5.74) is -0.350. The summed E-state index contributed by atoms with van der Waals surface area (Å²) in [5.74, 6) is -2.66. The first kappa shape index (κ1) is 20.7. The van der Waals surface area contributed by atoms with Crippen molar-refractivity contribution < 1.29 is 31.9 Å². The Balaban J connectivity index is 1.73. The predicted octanol–water partition coefficient (Wildman–Crippen LogP) is 4.00. The van der Waals surface area contributed by atoms with Gasteiger partial charge in [-0.3, -0.25) is 4.79 Å². The summed E-state index contributed by atoms with van der Waals surface area (Å²) in [5, 5.41) is 14.6. The van der Waals surface area contributed by atoms with Crippen LogP contribution in [0, 0.1) is 11.6 Å². The molecule has 0 unspecified atom stereocenters. The summed E-state index contributed by atoms with van der Waals surface area (Å²) in [6.07, 6.45) is -7.47. The van der Waals surface area contributed by atoms with Gasteiger partial charge in [-0.1, -0.05) is 18.2 Å². The maximum Gasteiger partial charge on any atom is 0.418 e. The van der Waals surface area contributed by atoms with Gasteiger partial charge in [0.05, 0.1) is 17.8 Å². The summed E-state index contributed by atoms with van der Waals surface area (Å²) in [7, 11) is 0. The minimum Gasteiger partial charge on any atom is -0.379 e. The number of halogens is 5. The number of aliphatic hydroxyl groups is 1. The molecule has 3 N–H and O–H groups in total. The molecule has 0 aliphatic carbocycles. The van der Waals surface area contributed by atoms with Crippen LogP contribution in [0.2, 0.25) is 0 Å². The topological polar surface area (TPSA) is 87.1 Å². The lowest BCUT2D eigenvalue weighted by molar-refractivity contribution is -0.206. The number of amides is 1. The second-order valence-corrected chi connectivity index (χ2v) is 6.69. The van der Waals surface area contributed by atoms with E-state index in [2.05, 4.69) is 20.6 Å². The molecule has 11 heteroatoms. The van der Waals surface area contributed by atoms with E-state index in [1.165, 1.54) is 18.2 Å². The van der Waals surface area contributed by atoms with E-state index < -0.39 is 35.4 Å². The first-order valence-electron chi connectivity index (χ1n) is 8.90. The van der Waals surface area contributed by atoms with Crippen LogP contribution >= 0.6 is 0 Å². The molecule has 31 heavy (non-hydrogen) atoms. The number of anilines is 2. The second kappa shape index (κ2) is 7.58. The monoisotopic (exact) mass is 436 g/mol. The summed E-state index contributed by atoms with van der Waals surface area (Å²) < 4.78 is 66.4. The number of hydrogen-bond donors (Lipinski definition) is 3. The van der Waals surface area contributed by atoms with E-state index in [0.29, 0.717) is 0 Å². The molecule has 1 atom stereocenters. The Morgan fingerprint density at radius 3 is 2.26 bits per heavy atom. The van der Waals surface area contributed by atoms with Gasteiger partial charge in [0.15, 0.2) is 11.9 Å². The van der Waals surface area contributed by atoms with E-state index in [1.807, 2.05) is 0 Å². The van der Waals surface area contributed by atoms with Gasteiger partial charge in [0.1, 0.15) is 23.0 Å². The van der Waals surface area contributed by atoms with E-state index in [4.69, 9.17) is 0 Å². The Hall–Kier alpha value is -3.60. The van der Waals surface area contributed by atoms with E-state index in [-0.39, 0.29) is 40.7 Å². The zero-order chi connectivity index (χ0) is 22.3. The molecule has 160 valence electrons. The number of hydrogen-bond acceptors (Lipinski definition) is 5. The molecule has 2 aromatic carbocycles. The molecule has 0 fully saturated rings. The maximum absolute atomic E-state index is 14.2. The van der Waals surface area contributed by atoms with Crippen molar-refractivity contribution >= 4 is 17.4 Å². The molecule has 0 saturated heterocycles. The molecule has 1 amide bonds. The van der Waals surface area contributed by atoms with Crippen LogP contribution in [0.4, 0.5) is 33.5 Å². The Bertz CT molecular complexity index is 1150. The third-order valence-corrected chi connectivity index (χ3v) is 4.61. The number of rotatable bonds is 4. The minimum atomic E-state index is -4.82. The molecular weight excluding hydrogens is 423 g/mol. The summed E-state index contributed by atoms with van der Waals surface area (Å²) in [6.45, 7) is 0.0190. The standard InChI is InChI=1S/C20H13F5N4O2/c21-11-2-1-3-12(22)14(11)17-28-13-8-26-19(31)15(13)18(29-17)27-10-6-4-9(5-7-10)16(30)20(23,24)25/h1-7,16,30H,8H2,(H,26,31)(H,27,28,29)/t16-/m1/s1. The number of benzene rings is 2. The molecular formula is C20H13F5N4O2. The molecule has 0 radical (unpaired) electrons. The summed E-state index contributed by atoms with van der Waals surface area (Å²) in [6, 6.07) is 7.86. The van der Waals surface area contributed by atoms with Gasteiger partial charge < -0.3 is 15.7 Å². The van der Waals surface area contributed by atoms with Crippen LogP contribution in [-0.4, -0.2) is 27.2 Å². The van der Waals surface area contributed by atoms with Crippen molar-refractivity contribution in [1.82, 2.24) is 15.3 Å². The van der Waals surface area contributed by atoms with Gasteiger partial charge >= 0.3 is 6.18 Å². The first-order valence-corrected chi connectivity index (χ1v) is 8.90. The second-order valence-electron chi connectivity index (χ2n) is 6.69. The molecule has 6 nitrogen and oxygen atoms in total. The number of fused-ring (bicyclic) bond motifs is 1. The molecule has 3 aromatic rings. The third kappa shape index (κ3) is 3.91. The summed E-state index contributed by atoms with van der Waals surface area (Å²) in [4.78, 5) is 20.4. The number of alkyl halides is 3. The first-order chi connectivity index (χ1) is 14.6. The predicted molar refractivity (Wildman–Crippen MR) is 99.3 cm³/mol. The number of nitrogens with one attached hydrogen (secondary N) is 2. The zero-order valence-corrected chi connectivity index (χ0v) is 15.5. The third-order valence-electron chi connectivity index (χ3n) is 4.61. The maximum atomic E-state index is 14.2. The van der Waals surface area contributed by atoms with Crippen LogP contribution in [0.5, 0.6) is 0 Å². The normalized spacial score (nSPS) is 14.2. The Morgan fingerprint density at radius 2 is 1.65 bits per heavy atom. The molecule has 2 heterocycles. The van der Waals surface area contributed by atoms with Crippen LogP contribution in [0.1, 0.15) is 27.7 Å². The Kier molecular flexibility index (Phi) is 5.05. The number of aliphatic hydroxyl groups excluding tert-OH is 1. The van der Waals surface area contributed by atoms with Crippen LogP contribution < -0.4 is 10.6 Å². The average molecular weight is 436 g/mol. The zero-order valence-electron chi connectivity index (χ0n) is 15.5. The lowest BCUT2D eigenvalue weighted by atomic mass is 10.1. The van der Waals surface area contributed by atoms with E-state index >= 15 is 0 Å². The van der Waals surface area contributed by atoms with Gasteiger partial charge in [0, 0.05) is 5.69 Å². The Labute approximate surface area is 171 Å². The SMILES string of the molecule is O=C1NCc2nc(-c3c(F)cccc3F)nc(Nc3ccc([C@@H](O)C(F)(F)F)cc3)c21. The molecule has 1 aliphatic heterocycles. The quantitative estimate of drug-likeness (QED) is 0.538. The highest BCUT2D eigenvalue weighted by Gasteiger charge is 2.39. The molecule has 0 bridgehead atoms. The van der Waals surface area contributed by atoms with E-state index in [9.17, 15) is 31.9 Å². The van der Waals surface area contributed by atoms with Crippen LogP contribution in [-0.2, 0) is 6.54 Å². The lowest BCUT2D eigenvalue weighted by Gasteiger charge is -2.16. The molecule has 0 spiro atoms. The van der Waals surface area contributed by atoms with Gasteiger partial charge in [-0.05, 0) is 29.8 Å². The van der Waals surface area contributed by atoms with Crippen LogP contribution in [0.3, 0.4) is 0 Å². The highest BCUT2D eigenvalue weighted by atomic mass is 19.4. The van der Waals surface area contributed by atoms with Crippen molar-refractivity contribution in [3.05, 3.63) is 70.9 Å². The molecule has 0 saturated carbocycles. The highest BCUT2D eigenvalue weighted by Crippen LogP contribution is 2.34. The fraction of sp³-hybridized carbons (Fsp3) is 0.150. The molecule has 1 aromatic heterocycles. The van der Waals surface area contributed by atoms with Crippen molar-refractivity contribution in [1.29, 1.82) is 0 Å². The van der Waals surface area contributed by atoms with Gasteiger partial charge in [-0.25, -0.2) is 18.7 Å². The van der Waals surface area contributed by atoms with Gasteiger partial charge in [-0.15, -0.1) is 0 Å². The molecule has 1 aliphatic rings. The van der Waals surface area contributed by atoms with Crippen LogP contribution in [0.15, 0.2) is 42.5 Å². The molecule has 4 rings (SSSR count). The smallest absolute Gasteiger partial charge is 0.379 e. The fourth-order valence-electron chi connectivity index (χ4n) is 3.11. The van der Waals surface area contributed by atoms with Gasteiger partial charge in [0.2, 0.25) is 0 Å².